The number of hydrogen-bond acceptors (Lipinski definition) is 5. The fourth-order valence-electron chi connectivity index (χ4n) is 7.99. The van der Waals surface area contributed by atoms with Crippen LogP contribution >= 0.6 is 0 Å². The highest BCUT2D eigenvalue weighted by atomic mass is 16.7. The van der Waals surface area contributed by atoms with Crippen LogP contribution in [0, 0.1) is 28.6 Å². The van der Waals surface area contributed by atoms with Gasteiger partial charge in [0.1, 0.15) is 0 Å². The molecule has 1 aliphatic heterocycles. The van der Waals surface area contributed by atoms with Crippen LogP contribution in [-0.2, 0) is 14.3 Å². The lowest BCUT2D eigenvalue weighted by Gasteiger charge is -2.57. The average molecular weight is 459 g/mol. The van der Waals surface area contributed by atoms with E-state index < -0.39 is 6.09 Å². The van der Waals surface area contributed by atoms with Crippen LogP contribution in [-0.4, -0.2) is 37.4 Å². The fourth-order valence-corrected chi connectivity index (χ4v) is 7.99. The zero-order valence-corrected chi connectivity index (χ0v) is 20.7. The number of ether oxygens (including phenoxy) is 2. The van der Waals surface area contributed by atoms with Crippen LogP contribution in [0.15, 0.2) is 16.8 Å². The van der Waals surface area contributed by atoms with Gasteiger partial charge in [0.05, 0.1) is 11.8 Å². The lowest BCUT2D eigenvalue weighted by molar-refractivity contribution is -0.195. The van der Waals surface area contributed by atoms with Gasteiger partial charge >= 0.3 is 6.09 Å². The van der Waals surface area contributed by atoms with Gasteiger partial charge in [-0.25, -0.2) is 4.79 Å². The highest BCUT2D eigenvalue weighted by molar-refractivity contribution is 5.92. The molecule has 33 heavy (non-hydrogen) atoms. The van der Waals surface area contributed by atoms with Crippen molar-refractivity contribution in [2.75, 3.05) is 13.2 Å². The van der Waals surface area contributed by atoms with Crippen LogP contribution in [0.2, 0.25) is 0 Å². The summed E-state index contributed by atoms with van der Waals surface area (Å²) < 4.78 is 12.3. The second kappa shape index (κ2) is 9.33. The molecule has 1 saturated heterocycles. The number of nitrogens with one attached hydrogen (secondary N) is 1. The maximum atomic E-state index is 11.8. The van der Waals surface area contributed by atoms with Crippen LogP contribution in [0.4, 0.5) is 4.79 Å². The van der Waals surface area contributed by atoms with E-state index in [2.05, 4.69) is 30.4 Å². The predicted octanol–water partition coefficient (Wildman–Crippen LogP) is 5.96. The summed E-state index contributed by atoms with van der Waals surface area (Å²) in [4.78, 5) is 17.0. The first-order valence-electron chi connectivity index (χ1n) is 13.4. The van der Waals surface area contributed by atoms with Crippen LogP contribution in [0.3, 0.4) is 0 Å². The zero-order valence-electron chi connectivity index (χ0n) is 20.7. The van der Waals surface area contributed by atoms with Crippen molar-refractivity contribution in [3.05, 3.63) is 11.6 Å². The van der Waals surface area contributed by atoms with Crippen molar-refractivity contribution in [1.29, 1.82) is 0 Å². The second-order valence-electron chi connectivity index (χ2n) is 11.5. The second-order valence-corrected chi connectivity index (χ2v) is 11.5. The third kappa shape index (κ3) is 4.27. The molecule has 1 heterocycles. The summed E-state index contributed by atoms with van der Waals surface area (Å²) in [5, 5.41) is 7.03. The number of nitrogens with zero attached hydrogens (tertiary/aromatic N) is 1. The van der Waals surface area contributed by atoms with E-state index in [1.54, 1.807) is 5.57 Å². The number of hydrogen-bond donors (Lipinski definition) is 1. The molecule has 7 atom stereocenters. The molecule has 3 saturated carbocycles. The summed E-state index contributed by atoms with van der Waals surface area (Å²) in [5.41, 5.74) is 3.11. The molecule has 0 radical (unpaired) electrons. The maximum absolute atomic E-state index is 11.8. The molecule has 0 aromatic carbocycles. The molecule has 0 bridgehead atoms. The minimum Gasteiger partial charge on any atom is -0.353 e. The summed E-state index contributed by atoms with van der Waals surface area (Å²) in [7, 11) is 0. The summed E-state index contributed by atoms with van der Waals surface area (Å²) in [6, 6.07) is 0. The van der Waals surface area contributed by atoms with E-state index in [4.69, 9.17) is 14.3 Å². The van der Waals surface area contributed by atoms with Crippen LogP contribution in [0.5, 0.6) is 0 Å². The predicted molar refractivity (Wildman–Crippen MR) is 128 cm³/mol. The molecule has 0 spiro atoms. The van der Waals surface area contributed by atoms with Crippen molar-refractivity contribution in [1.82, 2.24) is 5.32 Å². The summed E-state index contributed by atoms with van der Waals surface area (Å²) in [6.45, 7) is 8.20. The van der Waals surface area contributed by atoms with E-state index >= 15 is 0 Å². The molecule has 0 aromatic rings. The van der Waals surface area contributed by atoms with Gasteiger partial charge < -0.3 is 14.8 Å². The SMILES string of the molecule is CCNC(=O)ON=C1CCC2C3CC=C4CC(OC5CCCCO5)CCC4(C)C3CCC12C. The van der Waals surface area contributed by atoms with Crippen molar-refractivity contribution in [2.45, 2.75) is 104 Å². The molecule has 184 valence electrons. The van der Waals surface area contributed by atoms with Crippen LogP contribution in [0.25, 0.3) is 0 Å². The highest BCUT2D eigenvalue weighted by Gasteiger charge is 2.58. The molecule has 5 rings (SSSR count). The minimum absolute atomic E-state index is 0.0123. The molecule has 0 aromatic heterocycles. The number of carbonyl (C=O) groups is 1. The third-order valence-electron chi connectivity index (χ3n) is 9.84. The highest BCUT2D eigenvalue weighted by Crippen LogP contribution is 2.64. The quantitative estimate of drug-likeness (QED) is 0.320. The van der Waals surface area contributed by atoms with Gasteiger partial charge in [-0.15, -0.1) is 0 Å². The molecule has 5 aliphatic rings. The number of carbonyl (C=O) groups excluding carboxylic acids is 1. The number of rotatable bonds is 4. The number of fused-ring (bicyclic) bond motifs is 5. The van der Waals surface area contributed by atoms with Gasteiger partial charge in [-0.1, -0.05) is 30.7 Å². The third-order valence-corrected chi connectivity index (χ3v) is 9.84. The molecule has 7 unspecified atom stereocenters. The summed E-state index contributed by atoms with van der Waals surface area (Å²) in [5.74, 6) is 2.08. The largest absolute Gasteiger partial charge is 0.433 e. The van der Waals surface area contributed by atoms with Crippen molar-refractivity contribution >= 4 is 11.8 Å². The van der Waals surface area contributed by atoms with Crippen molar-refractivity contribution in [2.24, 2.45) is 33.7 Å². The molecule has 4 fully saturated rings. The van der Waals surface area contributed by atoms with Gasteiger partial charge in [-0.05, 0) is 101 Å². The number of amides is 1. The van der Waals surface area contributed by atoms with Crippen LogP contribution < -0.4 is 5.32 Å². The van der Waals surface area contributed by atoms with Gasteiger partial charge in [0.2, 0.25) is 0 Å². The Balaban J connectivity index is 1.28. The van der Waals surface area contributed by atoms with E-state index in [1.165, 1.54) is 38.5 Å². The van der Waals surface area contributed by atoms with Gasteiger partial charge in [0.15, 0.2) is 6.29 Å². The van der Waals surface area contributed by atoms with E-state index in [0.717, 1.165) is 50.3 Å². The topological polar surface area (TPSA) is 69.2 Å². The first kappa shape index (κ1) is 23.3. The van der Waals surface area contributed by atoms with Gasteiger partial charge in [-0.3, -0.25) is 4.84 Å². The average Bonchev–Trinajstić information content (AvgIpc) is 3.15. The lowest BCUT2D eigenvalue weighted by atomic mass is 9.48. The van der Waals surface area contributed by atoms with Crippen molar-refractivity contribution in [3.63, 3.8) is 0 Å². The first-order valence-corrected chi connectivity index (χ1v) is 13.4. The zero-order chi connectivity index (χ0) is 23.1. The molecule has 1 amide bonds. The molecular weight excluding hydrogens is 416 g/mol. The Labute approximate surface area is 198 Å². The van der Waals surface area contributed by atoms with Crippen molar-refractivity contribution < 1.29 is 19.1 Å². The van der Waals surface area contributed by atoms with E-state index in [1.807, 2.05) is 6.92 Å². The Morgan fingerprint density at radius 3 is 2.76 bits per heavy atom. The summed E-state index contributed by atoms with van der Waals surface area (Å²) >= 11 is 0. The van der Waals surface area contributed by atoms with Crippen molar-refractivity contribution in [3.8, 4) is 0 Å². The Hall–Kier alpha value is -1.40. The Kier molecular flexibility index (Phi) is 6.60. The monoisotopic (exact) mass is 458 g/mol. The van der Waals surface area contributed by atoms with Crippen LogP contribution in [0.1, 0.15) is 91.4 Å². The van der Waals surface area contributed by atoms with Gasteiger partial charge in [0.25, 0.3) is 0 Å². The Bertz CT molecular complexity index is 804. The maximum Gasteiger partial charge on any atom is 0.433 e. The van der Waals surface area contributed by atoms with E-state index in [0.29, 0.717) is 29.9 Å². The Morgan fingerprint density at radius 2 is 1.97 bits per heavy atom. The lowest BCUT2D eigenvalue weighted by Crippen LogP contribution is -2.50. The van der Waals surface area contributed by atoms with E-state index in [-0.39, 0.29) is 11.7 Å². The van der Waals surface area contributed by atoms with Gasteiger partial charge in [0, 0.05) is 18.6 Å². The smallest absolute Gasteiger partial charge is 0.353 e. The normalized spacial score (nSPS) is 43.8. The molecule has 4 aliphatic carbocycles. The van der Waals surface area contributed by atoms with Gasteiger partial charge in [-0.2, -0.15) is 0 Å². The number of allylic oxidation sites excluding steroid dienone is 1. The summed E-state index contributed by atoms with van der Waals surface area (Å²) in [6.07, 6.45) is 15.0. The molecular formula is C27H42N2O4. The molecule has 6 heteroatoms. The standard InChI is InChI=1S/C27H42N2O4/c1-4-28-25(30)33-29-23-11-10-21-20-9-8-18-17-19(32-24-7-5-6-16-31-24)12-14-26(18,2)22(20)13-15-27(21,23)3/h8,19-22,24H,4-7,9-17H2,1-3H3,(H,28,30). The molecule has 6 nitrogen and oxygen atoms in total. The Morgan fingerprint density at radius 1 is 1.15 bits per heavy atom. The van der Waals surface area contributed by atoms with E-state index in [9.17, 15) is 4.79 Å². The number of oxime groups is 1. The minimum atomic E-state index is -0.443. The fraction of sp³-hybridized carbons (Fsp3) is 0.852. The molecule has 1 N–H and O–H groups in total. The first-order chi connectivity index (χ1) is 15.9.